The van der Waals surface area contributed by atoms with Crippen LogP contribution in [0.1, 0.15) is 12.6 Å². The highest BCUT2D eigenvalue weighted by molar-refractivity contribution is 5.22. The van der Waals surface area contributed by atoms with Crippen molar-refractivity contribution in [3.05, 3.63) is 24.0 Å². The van der Waals surface area contributed by atoms with E-state index in [1.165, 1.54) is 13.0 Å². The van der Waals surface area contributed by atoms with Gasteiger partial charge in [0.1, 0.15) is 0 Å². The molecule has 1 aliphatic rings. The number of hydrogen-bond donors (Lipinski definition) is 1. The van der Waals surface area contributed by atoms with E-state index in [0.717, 1.165) is 0 Å². The smallest absolute Gasteiger partial charge is 0.348 e. The summed E-state index contributed by atoms with van der Waals surface area (Å²) in [4.78, 5) is 0. The average Bonchev–Trinajstić information content (AvgIpc) is 2.51. The van der Waals surface area contributed by atoms with Gasteiger partial charge in [0.2, 0.25) is 0 Å². The van der Waals surface area contributed by atoms with E-state index >= 15 is 0 Å². The van der Waals surface area contributed by atoms with Gasteiger partial charge in [-0.25, -0.2) is 0 Å². The van der Waals surface area contributed by atoms with Crippen LogP contribution in [0.4, 0.5) is 13.2 Å². The molecule has 2 nitrogen and oxygen atoms in total. The molecule has 2 heterocycles. The molecular formula is C9H11F3N2. The van der Waals surface area contributed by atoms with Gasteiger partial charge in [0.25, 0.3) is 0 Å². The maximum Gasteiger partial charge on any atom is 0.411 e. The lowest BCUT2D eigenvalue weighted by Crippen LogP contribution is -2.56. The first kappa shape index (κ1) is 9.58. The summed E-state index contributed by atoms with van der Waals surface area (Å²) in [7, 11) is 0. The molecule has 1 aromatic rings. The fourth-order valence-corrected chi connectivity index (χ4v) is 1.83. The van der Waals surface area contributed by atoms with E-state index < -0.39 is 11.7 Å². The Morgan fingerprint density at radius 2 is 2.21 bits per heavy atom. The molecular weight excluding hydrogens is 193 g/mol. The lowest BCUT2D eigenvalue weighted by molar-refractivity contribution is -0.199. The Hall–Kier alpha value is -0.970. The van der Waals surface area contributed by atoms with Crippen LogP contribution in [-0.2, 0) is 12.1 Å². The molecule has 78 valence electrons. The molecule has 1 aromatic heterocycles. The summed E-state index contributed by atoms with van der Waals surface area (Å²) in [5.74, 6) is 0. The van der Waals surface area contributed by atoms with Crippen LogP contribution in [0.5, 0.6) is 0 Å². The molecule has 0 fully saturated rings. The summed E-state index contributed by atoms with van der Waals surface area (Å²) in [6.07, 6.45) is -2.58. The molecule has 0 aliphatic carbocycles. The molecule has 0 radical (unpaired) electrons. The van der Waals surface area contributed by atoms with Gasteiger partial charge in [0.15, 0.2) is 5.54 Å². The molecule has 0 aromatic carbocycles. The van der Waals surface area contributed by atoms with Gasteiger partial charge in [-0.15, -0.1) is 0 Å². The summed E-state index contributed by atoms with van der Waals surface area (Å²) >= 11 is 0. The fourth-order valence-electron chi connectivity index (χ4n) is 1.83. The van der Waals surface area contributed by atoms with Crippen molar-refractivity contribution < 1.29 is 13.2 Å². The third-order valence-corrected chi connectivity index (χ3v) is 2.74. The number of hydrogen-bond acceptors (Lipinski definition) is 1. The highest BCUT2D eigenvalue weighted by Gasteiger charge is 2.54. The Labute approximate surface area is 79.7 Å². The third kappa shape index (κ3) is 1.15. The first-order valence-electron chi connectivity index (χ1n) is 4.42. The molecule has 1 atom stereocenters. The maximum absolute atomic E-state index is 12.8. The first-order valence-corrected chi connectivity index (χ1v) is 4.42. The summed E-state index contributed by atoms with van der Waals surface area (Å²) in [5, 5.41) is 2.53. The zero-order valence-corrected chi connectivity index (χ0v) is 7.73. The molecule has 2 rings (SSSR count). The van der Waals surface area contributed by atoms with Gasteiger partial charge >= 0.3 is 6.18 Å². The van der Waals surface area contributed by atoms with E-state index in [0.29, 0.717) is 13.1 Å². The van der Waals surface area contributed by atoms with E-state index in [1.807, 2.05) is 0 Å². The van der Waals surface area contributed by atoms with E-state index in [4.69, 9.17) is 0 Å². The van der Waals surface area contributed by atoms with Crippen molar-refractivity contribution in [1.82, 2.24) is 9.88 Å². The molecule has 1 unspecified atom stereocenters. The van der Waals surface area contributed by atoms with Gasteiger partial charge in [-0.05, 0) is 19.1 Å². The maximum atomic E-state index is 12.8. The van der Waals surface area contributed by atoms with Crippen molar-refractivity contribution in [1.29, 1.82) is 0 Å². The number of rotatable bonds is 0. The predicted molar refractivity (Wildman–Crippen MR) is 45.8 cm³/mol. The molecule has 0 saturated carbocycles. The molecule has 1 N–H and O–H groups in total. The highest BCUT2D eigenvalue weighted by atomic mass is 19.4. The van der Waals surface area contributed by atoms with Crippen molar-refractivity contribution in [2.24, 2.45) is 0 Å². The topological polar surface area (TPSA) is 17.0 Å². The van der Waals surface area contributed by atoms with Crippen LogP contribution in [0.2, 0.25) is 0 Å². The van der Waals surface area contributed by atoms with Crippen LogP contribution in [0.15, 0.2) is 18.3 Å². The van der Waals surface area contributed by atoms with Crippen LogP contribution >= 0.6 is 0 Å². The number of nitrogens with zero attached hydrogens (tertiary/aromatic N) is 1. The highest BCUT2D eigenvalue weighted by Crippen LogP contribution is 2.39. The van der Waals surface area contributed by atoms with Crippen LogP contribution in [-0.4, -0.2) is 17.3 Å². The van der Waals surface area contributed by atoms with Crippen LogP contribution < -0.4 is 5.32 Å². The zero-order chi connectivity index (χ0) is 10.4. The number of nitrogens with one attached hydrogen (secondary N) is 1. The minimum atomic E-state index is -4.26. The molecule has 5 heteroatoms. The predicted octanol–water partition coefficient (Wildman–Crippen LogP) is 1.87. The van der Waals surface area contributed by atoms with Gasteiger partial charge < -0.3 is 4.57 Å². The Morgan fingerprint density at radius 3 is 2.86 bits per heavy atom. The first-order chi connectivity index (χ1) is 6.45. The van der Waals surface area contributed by atoms with Crippen LogP contribution in [0.3, 0.4) is 0 Å². The van der Waals surface area contributed by atoms with E-state index in [2.05, 4.69) is 5.32 Å². The van der Waals surface area contributed by atoms with Crippen molar-refractivity contribution in [2.75, 3.05) is 6.54 Å². The lowest BCUT2D eigenvalue weighted by atomic mass is 9.95. The zero-order valence-electron chi connectivity index (χ0n) is 7.73. The molecule has 0 amide bonds. The number of alkyl halides is 3. The number of aromatic nitrogens is 1. The molecule has 0 saturated heterocycles. The summed E-state index contributed by atoms with van der Waals surface area (Å²) in [6.45, 7) is 2.11. The average molecular weight is 204 g/mol. The fraction of sp³-hybridized carbons (Fsp3) is 0.556. The van der Waals surface area contributed by atoms with Gasteiger partial charge in [-0.3, -0.25) is 5.32 Å². The Bertz CT molecular complexity index is 342. The number of halogens is 3. The molecule has 0 bridgehead atoms. The Kier molecular flexibility index (Phi) is 1.89. The largest absolute Gasteiger partial charge is 0.411 e. The normalized spacial score (nSPS) is 27.4. The lowest BCUT2D eigenvalue weighted by Gasteiger charge is -2.37. The van der Waals surface area contributed by atoms with E-state index in [9.17, 15) is 13.2 Å². The van der Waals surface area contributed by atoms with Crippen LogP contribution in [0, 0.1) is 0 Å². The second-order valence-electron chi connectivity index (χ2n) is 3.64. The molecule has 14 heavy (non-hydrogen) atoms. The van der Waals surface area contributed by atoms with Crippen molar-refractivity contribution in [2.45, 2.75) is 25.2 Å². The van der Waals surface area contributed by atoms with Crippen molar-refractivity contribution >= 4 is 0 Å². The van der Waals surface area contributed by atoms with Crippen molar-refractivity contribution in [3.63, 3.8) is 0 Å². The standard InChI is InChI=1S/C9H11F3N2/c1-8(9(10,11)12)7-3-2-5-14(7)6-4-13-8/h2-3,5,13H,4,6H2,1H3. The summed E-state index contributed by atoms with van der Waals surface area (Å²) in [6, 6.07) is 3.16. The van der Waals surface area contributed by atoms with E-state index in [1.54, 1.807) is 16.8 Å². The van der Waals surface area contributed by atoms with Crippen molar-refractivity contribution in [3.8, 4) is 0 Å². The summed E-state index contributed by atoms with van der Waals surface area (Å²) < 4.78 is 40.1. The monoisotopic (exact) mass is 204 g/mol. The molecule has 1 aliphatic heterocycles. The SMILES string of the molecule is CC1(C(F)(F)F)NCCn2cccc21. The Balaban J connectivity index is 2.50. The van der Waals surface area contributed by atoms with Gasteiger partial charge in [0, 0.05) is 25.0 Å². The van der Waals surface area contributed by atoms with E-state index in [-0.39, 0.29) is 5.69 Å². The minimum Gasteiger partial charge on any atom is -0.348 e. The minimum absolute atomic E-state index is 0.288. The molecule has 0 spiro atoms. The quantitative estimate of drug-likeness (QED) is 0.682. The second-order valence-corrected chi connectivity index (χ2v) is 3.64. The summed E-state index contributed by atoms with van der Waals surface area (Å²) in [5.41, 5.74) is -1.62. The van der Waals surface area contributed by atoms with Crippen LogP contribution in [0.25, 0.3) is 0 Å². The number of fused-ring (bicyclic) bond motifs is 1. The third-order valence-electron chi connectivity index (χ3n) is 2.74. The Morgan fingerprint density at radius 1 is 1.50 bits per heavy atom. The second kappa shape index (κ2) is 2.76. The van der Waals surface area contributed by atoms with Gasteiger partial charge in [-0.2, -0.15) is 13.2 Å². The van der Waals surface area contributed by atoms with Gasteiger partial charge in [0.05, 0.1) is 0 Å². The van der Waals surface area contributed by atoms with Gasteiger partial charge in [-0.1, -0.05) is 0 Å².